The van der Waals surface area contributed by atoms with Gasteiger partial charge in [-0.2, -0.15) is 10.5 Å². The Morgan fingerprint density at radius 2 is 2.07 bits per heavy atom. The molecular weight excluding hydrogens is 178 g/mol. The van der Waals surface area contributed by atoms with Crippen molar-refractivity contribution in [2.24, 2.45) is 7.05 Å². The smallest absolute Gasteiger partial charge is 0.240 e. The molecule has 0 aliphatic heterocycles. The van der Waals surface area contributed by atoms with Gasteiger partial charge in [0.15, 0.2) is 12.4 Å². The zero-order chi connectivity index (χ0) is 10.8. The normalized spacial score (nSPS) is 7.71. The van der Waals surface area contributed by atoms with Gasteiger partial charge in [0, 0.05) is 0 Å². The van der Waals surface area contributed by atoms with Crippen LogP contribution in [0, 0.1) is 22.9 Å². The SMILES string of the molecule is CCC[n+]1ccn(C)c1.N#CNC#N. The second kappa shape index (κ2) is 7.63. The molecule has 74 valence electrons. The van der Waals surface area contributed by atoms with Crippen LogP contribution in [0.25, 0.3) is 0 Å². The Bertz CT molecular complexity index is 316. The lowest BCUT2D eigenvalue weighted by molar-refractivity contribution is -0.696. The maximum absolute atomic E-state index is 7.48. The molecule has 0 atom stereocenters. The number of aryl methyl sites for hydroxylation is 2. The van der Waals surface area contributed by atoms with E-state index in [9.17, 15) is 0 Å². The first-order chi connectivity index (χ1) is 6.74. The highest BCUT2D eigenvalue weighted by Crippen LogP contribution is 1.78. The summed E-state index contributed by atoms with van der Waals surface area (Å²) in [6.07, 6.45) is 10.2. The average molecular weight is 192 g/mol. The summed E-state index contributed by atoms with van der Waals surface area (Å²) in [4.78, 5) is 0. The molecule has 0 aliphatic carbocycles. The molecule has 0 unspecified atom stereocenters. The van der Waals surface area contributed by atoms with Crippen LogP contribution < -0.4 is 9.88 Å². The molecule has 0 fully saturated rings. The quantitative estimate of drug-likeness (QED) is 0.415. The highest BCUT2D eigenvalue weighted by molar-refractivity contribution is 4.77. The fourth-order valence-corrected chi connectivity index (χ4v) is 0.917. The molecule has 5 nitrogen and oxygen atoms in total. The van der Waals surface area contributed by atoms with Gasteiger partial charge in [0.25, 0.3) is 0 Å². The summed E-state index contributed by atoms with van der Waals surface area (Å²) in [6, 6.07) is 0. The van der Waals surface area contributed by atoms with E-state index < -0.39 is 0 Å². The Kier molecular flexibility index (Phi) is 6.53. The molecule has 0 spiro atoms. The van der Waals surface area contributed by atoms with Crippen LogP contribution in [0.15, 0.2) is 18.7 Å². The average Bonchev–Trinajstić information content (AvgIpc) is 2.55. The van der Waals surface area contributed by atoms with Crippen LogP contribution >= 0.6 is 0 Å². The van der Waals surface area contributed by atoms with Gasteiger partial charge in [0.2, 0.25) is 6.33 Å². The lowest BCUT2D eigenvalue weighted by atomic mass is 10.5. The van der Waals surface area contributed by atoms with E-state index in [0.717, 1.165) is 6.54 Å². The van der Waals surface area contributed by atoms with Gasteiger partial charge in [0.05, 0.1) is 13.6 Å². The van der Waals surface area contributed by atoms with E-state index in [1.165, 1.54) is 18.8 Å². The van der Waals surface area contributed by atoms with Crippen LogP contribution in [0.4, 0.5) is 0 Å². The van der Waals surface area contributed by atoms with E-state index in [2.05, 4.69) is 34.8 Å². The molecule has 0 amide bonds. The van der Waals surface area contributed by atoms with E-state index in [1.807, 2.05) is 7.05 Å². The monoisotopic (exact) mass is 192 g/mol. The summed E-state index contributed by atoms with van der Waals surface area (Å²) in [6.45, 7) is 3.31. The van der Waals surface area contributed by atoms with Gasteiger partial charge in [-0.3, -0.25) is 0 Å². The maximum Gasteiger partial charge on any atom is 0.243 e. The van der Waals surface area contributed by atoms with Crippen molar-refractivity contribution in [3.8, 4) is 12.4 Å². The molecule has 0 bridgehead atoms. The van der Waals surface area contributed by atoms with Gasteiger partial charge in [-0.05, 0) is 6.42 Å². The van der Waals surface area contributed by atoms with Crippen LogP contribution in [0.2, 0.25) is 0 Å². The molecule has 1 aromatic heterocycles. The van der Waals surface area contributed by atoms with E-state index in [4.69, 9.17) is 10.5 Å². The summed E-state index contributed by atoms with van der Waals surface area (Å²) in [5.41, 5.74) is 0. The van der Waals surface area contributed by atoms with Crippen LogP contribution in [-0.4, -0.2) is 4.57 Å². The second-order valence-corrected chi connectivity index (χ2v) is 2.67. The Hall–Kier alpha value is -2.01. The van der Waals surface area contributed by atoms with Gasteiger partial charge in [0.1, 0.15) is 12.4 Å². The molecule has 14 heavy (non-hydrogen) atoms. The summed E-state index contributed by atoms with van der Waals surface area (Å²) >= 11 is 0. The molecule has 0 aliphatic rings. The lowest BCUT2D eigenvalue weighted by Crippen LogP contribution is -2.30. The number of aromatic nitrogens is 2. The lowest BCUT2D eigenvalue weighted by Gasteiger charge is -1.86. The Morgan fingerprint density at radius 3 is 2.36 bits per heavy atom. The minimum Gasteiger partial charge on any atom is -0.240 e. The zero-order valence-corrected chi connectivity index (χ0v) is 8.44. The van der Waals surface area contributed by atoms with Crippen LogP contribution in [0.5, 0.6) is 0 Å². The number of hydrogen-bond donors (Lipinski definition) is 1. The van der Waals surface area contributed by atoms with Crippen molar-refractivity contribution in [1.29, 1.82) is 10.5 Å². The van der Waals surface area contributed by atoms with Crippen LogP contribution in [0.1, 0.15) is 13.3 Å². The molecule has 5 heteroatoms. The fourth-order valence-electron chi connectivity index (χ4n) is 0.917. The van der Waals surface area contributed by atoms with Gasteiger partial charge in [-0.15, -0.1) is 0 Å². The van der Waals surface area contributed by atoms with Gasteiger partial charge >= 0.3 is 0 Å². The van der Waals surface area contributed by atoms with E-state index in [0.29, 0.717) is 0 Å². The Balaban J connectivity index is 0.000000292. The van der Waals surface area contributed by atoms with E-state index in [-0.39, 0.29) is 0 Å². The molecule has 1 heterocycles. The highest BCUT2D eigenvalue weighted by Gasteiger charge is 1.94. The van der Waals surface area contributed by atoms with Crippen molar-refractivity contribution in [3.63, 3.8) is 0 Å². The first-order valence-electron chi connectivity index (χ1n) is 4.28. The van der Waals surface area contributed by atoms with Gasteiger partial charge < -0.3 is 0 Å². The summed E-state index contributed by atoms with van der Waals surface area (Å²) in [7, 11) is 2.03. The zero-order valence-electron chi connectivity index (χ0n) is 8.44. The molecule has 0 saturated heterocycles. The minimum absolute atomic E-state index is 1.13. The number of hydrogen-bond acceptors (Lipinski definition) is 3. The molecule has 1 N–H and O–H groups in total. The van der Waals surface area contributed by atoms with E-state index in [1.54, 1.807) is 5.32 Å². The van der Waals surface area contributed by atoms with Crippen molar-refractivity contribution in [2.75, 3.05) is 0 Å². The Labute approximate surface area is 83.8 Å². The summed E-state index contributed by atoms with van der Waals surface area (Å²) in [5.74, 6) is 0. The largest absolute Gasteiger partial charge is 0.243 e. The van der Waals surface area contributed by atoms with Gasteiger partial charge in [-0.1, -0.05) is 6.92 Å². The number of nitrogens with zero attached hydrogens (tertiary/aromatic N) is 4. The molecule has 1 rings (SSSR count). The number of imidazole rings is 1. The molecule has 0 aromatic carbocycles. The van der Waals surface area contributed by atoms with E-state index >= 15 is 0 Å². The standard InChI is InChI=1S/C7H13N2.C2HN3/c1-3-4-9-6-5-8(2)7-9;3-1-5-2-4/h5-7H,3-4H2,1-2H3;5H/q+1;. The number of nitrogens with one attached hydrogen (secondary N) is 1. The molecule has 0 radical (unpaired) electrons. The molecule has 0 saturated carbocycles. The third-order valence-corrected chi connectivity index (χ3v) is 1.42. The van der Waals surface area contributed by atoms with Crippen molar-refractivity contribution >= 4 is 0 Å². The fraction of sp³-hybridized carbons (Fsp3) is 0.444. The predicted octanol–water partition coefficient (Wildman–Crippen LogP) is 0.261. The van der Waals surface area contributed by atoms with Crippen molar-refractivity contribution in [1.82, 2.24) is 9.88 Å². The topological polar surface area (TPSA) is 68.4 Å². The molecule has 1 aromatic rings. The van der Waals surface area contributed by atoms with Crippen molar-refractivity contribution < 1.29 is 4.57 Å². The minimum atomic E-state index is 1.13. The third-order valence-electron chi connectivity index (χ3n) is 1.42. The summed E-state index contributed by atoms with van der Waals surface area (Å²) in [5, 5.41) is 16.7. The first kappa shape index (κ1) is 12.0. The van der Waals surface area contributed by atoms with Crippen molar-refractivity contribution in [3.05, 3.63) is 18.7 Å². The maximum atomic E-state index is 7.48. The van der Waals surface area contributed by atoms with Gasteiger partial charge in [-0.25, -0.2) is 14.5 Å². The first-order valence-corrected chi connectivity index (χ1v) is 4.28. The van der Waals surface area contributed by atoms with Crippen molar-refractivity contribution in [2.45, 2.75) is 19.9 Å². The molecular formula is C9H14N5+. The van der Waals surface area contributed by atoms with Crippen LogP contribution in [0.3, 0.4) is 0 Å². The third kappa shape index (κ3) is 5.62. The second-order valence-electron chi connectivity index (χ2n) is 2.67. The number of rotatable bonds is 2. The summed E-state index contributed by atoms with van der Waals surface area (Å²) < 4.78 is 4.23. The van der Waals surface area contributed by atoms with Crippen LogP contribution in [-0.2, 0) is 13.6 Å². The predicted molar refractivity (Wildman–Crippen MR) is 50.3 cm³/mol. The number of nitriles is 2. The Morgan fingerprint density at radius 1 is 1.43 bits per heavy atom. The highest BCUT2D eigenvalue weighted by atomic mass is 15.1.